The molecule has 0 aliphatic rings. The fourth-order valence-electron chi connectivity index (χ4n) is 2.47. The zero-order valence-electron chi connectivity index (χ0n) is 14.9. The SMILES string of the molecule is Cc1ccc(C(=O)NCc2ccc(C(=O)Nc3ccccc3N)cc2)cn1. The van der Waals surface area contributed by atoms with Crippen LogP contribution in [0.15, 0.2) is 66.9 Å². The normalized spacial score (nSPS) is 10.3. The summed E-state index contributed by atoms with van der Waals surface area (Å²) in [5, 5.41) is 5.62. The number of pyridine rings is 1. The molecule has 3 rings (SSSR count). The Bertz CT molecular complexity index is 951. The summed E-state index contributed by atoms with van der Waals surface area (Å²) in [6.07, 6.45) is 1.55. The molecule has 1 aromatic heterocycles. The third kappa shape index (κ3) is 4.70. The van der Waals surface area contributed by atoms with Crippen LogP contribution in [0.25, 0.3) is 0 Å². The first-order valence-electron chi connectivity index (χ1n) is 8.48. The minimum atomic E-state index is -0.241. The molecule has 27 heavy (non-hydrogen) atoms. The second-order valence-electron chi connectivity index (χ2n) is 6.11. The van der Waals surface area contributed by atoms with Gasteiger partial charge in [0.2, 0.25) is 0 Å². The smallest absolute Gasteiger partial charge is 0.255 e. The van der Waals surface area contributed by atoms with Crippen LogP contribution >= 0.6 is 0 Å². The Morgan fingerprint density at radius 2 is 1.63 bits per heavy atom. The molecule has 6 heteroatoms. The van der Waals surface area contributed by atoms with Crippen LogP contribution in [0.4, 0.5) is 11.4 Å². The lowest BCUT2D eigenvalue weighted by atomic mass is 10.1. The second-order valence-corrected chi connectivity index (χ2v) is 6.11. The molecular formula is C21H20N4O2. The van der Waals surface area contributed by atoms with Gasteiger partial charge in [-0.05, 0) is 48.9 Å². The van der Waals surface area contributed by atoms with Crippen molar-refractivity contribution in [2.24, 2.45) is 0 Å². The summed E-state index contributed by atoms with van der Waals surface area (Å²) in [5.41, 5.74) is 9.69. The number of nitrogens with zero attached hydrogens (tertiary/aromatic N) is 1. The third-order valence-corrected chi connectivity index (χ3v) is 4.05. The third-order valence-electron chi connectivity index (χ3n) is 4.05. The fraction of sp³-hybridized carbons (Fsp3) is 0.0952. The van der Waals surface area contributed by atoms with Crippen molar-refractivity contribution in [2.45, 2.75) is 13.5 Å². The van der Waals surface area contributed by atoms with Crippen molar-refractivity contribution in [1.29, 1.82) is 0 Å². The number of aromatic nitrogens is 1. The number of carbonyl (C=O) groups is 2. The van der Waals surface area contributed by atoms with Crippen molar-refractivity contribution in [1.82, 2.24) is 10.3 Å². The summed E-state index contributed by atoms with van der Waals surface area (Å²) in [7, 11) is 0. The summed E-state index contributed by atoms with van der Waals surface area (Å²) >= 11 is 0. The number of aryl methyl sites for hydroxylation is 1. The molecule has 3 aromatic rings. The highest BCUT2D eigenvalue weighted by atomic mass is 16.2. The molecule has 0 aliphatic heterocycles. The second kappa shape index (κ2) is 8.14. The van der Waals surface area contributed by atoms with Crippen LogP contribution in [-0.2, 0) is 6.54 Å². The van der Waals surface area contributed by atoms with Gasteiger partial charge in [-0.25, -0.2) is 0 Å². The van der Waals surface area contributed by atoms with E-state index in [1.54, 1.807) is 66.9 Å². The average molecular weight is 360 g/mol. The van der Waals surface area contributed by atoms with Gasteiger partial charge in [0, 0.05) is 24.0 Å². The van der Waals surface area contributed by atoms with Gasteiger partial charge in [-0.3, -0.25) is 14.6 Å². The number of amides is 2. The van der Waals surface area contributed by atoms with Crippen LogP contribution in [0, 0.1) is 6.92 Å². The summed E-state index contributed by atoms with van der Waals surface area (Å²) in [4.78, 5) is 28.5. The predicted octanol–water partition coefficient (Wildman–Crippen LogP) is 3.15. The largest absolute Gasteiger partial charge is 0.397 e. The van der Waals surface area contributed by atoms with Gasteiger partial charge in [-0.15, -0.1) is 0 Å². The number of nitrogens with two attached hydrogens (primary N) is 1. The van der Waals surface area contributed by atoms with E-state index >= 15 is 0 Å². The molecular weight excluding hydrogens is 340 g/mol. The standard InChI is InChI=1S/C21H20N4O2/c1-14-6-9-17(13-23-14)20(26)24-12-15-7-10-16(11-8-15)21(27)25-19-5-3-2-4-18(19)22/h2-11,13H,12,22H2,1H3,(H,24,26)(H,25,27). The van der Waals surface area contributed by atoms with E-state index in [1.165, 1.54) is 0 Å². The Hall–Kier alpha value is -3.67. The van der Waals surface area contributed by atoms with Crippen molar-refractivity contribution < 1.29 is 9.59 Å². The lowest BCUT2D eigenvalue weighted by Crippen LogP contribution is -2.23. The predicted molar refractivity (Wildman–Crippen MR) is 105 cm³/mol. The van der Waals surface area contributed by atoms with E-state index < -0.39 is 0 Å². The summed E-state index contributed by atoms with van der Waals surface area (Å²) in [6.45, 7) is 2.23. The van der Waals surface area contributed by atoms with E-state index in [1.807, 2.05) is 6.92 Å². The van der Waals surface area contributed by atoms with Crippen molar-refractivity contribution in [3.8, 4) is 0 Å². The van der Waals surface area contributed by atoms with E-state index in [2.05, 4.69) is 15.6 Å². The summed E-state index contributed by atoms with van der Waals surface area (Å²) < 4.78 is 0. The van der Waals surface area contributed by atoms with E-state index in [0.717, 1.165) is 11.3 Å². The molecule has 0 unspecified atom stereocenters. The molecule has 2 aromatic carbocycles. The van der Waals surface area contributed by atoms with Crippen molar-refractivity contribution in [2.75, 3.05) is 11.1 Å². The van der Waals surface area contributed by atoms with Gasteiger partial charge < -0.3 is 16.4 Å². The lowest BCUT2D eigenvalue weighted by molar-refractivity contribution is 0.0949. The highest BCUT2D eigenvalue weighted by Crippen LogP contribution is 2.18. The maximum Gasteiger partial charge on any atom is 0.255 e. The Kier molecular flexibility index (Phi) is 5.47. The maximum atomic E-state index is 12.3. The molecule has 6 nitrogen and oxygen atoms in total. The monoisotopic (exact) mass is 360 g/mol. The molecule has 0 saturated carbocycles. The lowest BCUT2D eigenvalue weighted by Gasteiger charge is -2.09. The quantitative estimate of drug-likeness (QED) is 0.609. The first-order valence-corrected chi connectivity index (χ1v) is 8.48. The van der Waals surface area contributed by atoms with Gasteiger partial charge in [0.15, 0.2) is 0 Å². The van der Waals surface area contributed by atoms with Crippen molar-refractivity contribution in [3.05, 3.63) is 89.2 Å². The zero-order valence-corrected chi connectivity index (χ0v) is 14.9. The van der Waals surface area contributed by atoms with Gasteiger partial charge in [-0.2, -0.15) is 0 Å². The van der Waals surface area contributed by atoms with E-state index in [9.17, 15) is 9.59 Å². The summed E-state index contributed by atoms with van der Waals surface area (Å²) in [5.74, 6) is -0.432. The van der Waals surface area contributed by atoms with Crippen LogP contribution < -0.4 is 16.4 Å². The van der Waals surface area contributed by atoms with Gasteiger partial charge in [0.1, 0.15) is 0 Å². The number of carbonyl (C=O) groups excluding carboxylic acids is 2. The molecule has 0 bridgehead atoms. The van der Waals surface area contributed by atoms with Gasteiger partial charge in [-0.1, -0.05) is 24.3 Å². The van der Waals surface area contributed by atoms with E-state index in [-0.39, 0.29) is 11.8 Å². The number of hydrogen-bond donors (Lipinski definition) is 3. The minimum Gasteiger partial charge on any atom is -0.397 e. The minimum absolute atomic E-state index is 0.191. The van der Waals surface area contributed by atoms with Crippen LogP contribution in [0.5, 0.6) is 0 Å². The molecule has 0 radical (unpaired) electrons. The maximum absolute atomic E-state index is 12.3. The first kappa shape index (κ1) is 18.1. The number of anilines is 2. The van der Waals surface area contributed by atoms with Gasteiger partial charge in [0.25, 0.3) is 11.8 Å². The number of hydrogen-bond acceptors (Lipinski definition) is 4. The summed E-state index contributed by atoms with van der Waals surface area (Å²) in [6, 6.07) is 17.6. The zero-order chi connectivity index (χ0) is 19.2. The number of rotatable bonds is 5. The molecule has 4 N–H and O–H groups in total. The molecule has 1 heterocycles. The van der Waals surface area contributed by atoms with Crippen molar-refractivity contribution in [3.63, 3.8) is 0 Å². The van der Waals surface area contributed by atoms with Crippen molar-refractivity contribution >= 4 is 23.2 Å². The van der Waals surface area contributed by atoms with Gasteiger partial charge in [0.05, 0.1) is 16.9 Å². The molecule has 0 aliphatic carbocycles. The molecule has 0 spiro atoms. The molecule has 0 saturated heterocycles. The molecule has 136 valence electrons. The van der Waals surface area contributed by atoms with Crippen LogP contribution in [-0.4, -0.2) is 16.8 Å². The average Bonchev–Trinajstić information content (AvgIpc) is 2.69. The van der Waals surface area contributed by atoms with E-state index in [4.69, 9.17) is 5.73 Å². The van der Waals surface area contributed by atoms with E-state index in [0.29, 0.717) is 29.0 Å². The number of para-hydroxylation sites is 2. The topological polar surface area (TPSA) is 97.1 Å². The Balaban J connectivity index is 1.58. The van der Waals surface area contributed by atoms with Gasteiger partial charge >= 0.3 is 0 Å². The highest BCUT2D eigenvalue weighted by Gasteiger charge is 2.09. The number of nitrogen functional groups attached to an aromatic ring is 1. The molecule has 0 fully saturated rings. The number of nitrogens with one attached hydrogen (secondary N) is 2. The van der Waals surface area contributed by atoms with Crippen LogP contribution in [0.3, 0.4) is 0 Å². The van der Waals surface area contributed by atoms with Crippen LogP contribution in [0.2, 0.25) is 0 Å². The first-order chi connectivity index (χ1) is 13.0. The molecule has 0 atom stereocenters. The Morgan fingerprint density at radius 3 is 2.30 bits per heavy atom. The fourth-order valence-corrected chi connectivity index (χ4v) is 2.47. The Labute approximate surface area is 157 Å². The Morgan fingerprint density at radius 1 is 0.926 bits per heavy atom. The van der Waals surface area contributed by atoms with Crippen LogP contribution in [0.1, 0.15) is 32.0 Å². The molecule has 2 amide bonds. The number of benzene rings is 2. The highest BCUT2D eigenvalue weighted by molar-refractivity contribution is 6.05.